The number of esters is 2. The van der Waals surface area contributed by atoms with E-state index in [1.807, 2.05) is 0 Å². The SMILES string of the molecule is CC=CC(=O)Oc1ccc(-c2cnc(-c3ccc(OC(=O)C=CC)cc3)o2)cc1. The molecule has 6 nitrogen and oxygen atoms in total. The molecule has 0 atom stereocenters. The Bertz CT molecular complexity index is 960. The van der Waals surface area contributed by atoms with Crippen LogP contribution in [0.5, 0.6) is 11.5 Å². The molecule has 0 radical (unpaired) electrons. The largest absolute Gasteiger partial charge is 0.436 e. The highest BCUT2D eigenvalue weighted by molar-refractivity contribution is 5.84. The number of oxazole rings is 1. The van der Waals surface area contributed by atoms with Gasteiger partial charge in [-0.15, -0.1) is 0 Å². The van der Waals surface area contributed by atoms with E-state index < -0.39 is 11.9 Å². The Hall–Kier alpha value is -3.93. The fourth-order valence-electron chi connectivity index (χ4n) is 2.47. The number of carbonyl (C=O) groups is 2. The van der Waals surface area contributed by atoms with Crippen LogP contribution in [0, 0.1) is 0 Å². The van der Waals surface area contributed by atoms with E-state index in [2.05, 4.69) is 4.98 Å². The summed E-state index contributed by atoms with van der Waals surface area (Å²) in [7, 11) is 0. The van der Waals surface area contributed by atoms with Gasteiger partial charge in [0, 0.05) is 23.3 Å². The van der Waals surface area contributed by atoms with Crippen molar-refractivity contribution in [2.75, 3.05) is 0 Å². The summed E-state index contributed by atoms with van der Waals surface area (Å²) in [6, 6.07) is 13.8. The van der Waals surface area contributed by atoms with Crippen molar-refractivity contribution < 1.29 is 23.5 Å². The fourth-order valence-corrected chi connectivity index (χ4v) is 2.47. The molecule has 2 aromatic carbocycles. The number of rotatable bonds is 6. The van der Waals surface area contributed by atoms with Crippen molar-refractivity contribution in [3.05, 3.63) is 79.0 Å². The van der Waals surface area contributed by atoms with Gasteiger partial charge in [0.15, 0.2) is 5.76 Å². The minimum atomic E-state index is -0.432. The third-order valence-corrected chi connectivity index (χ3v) is 3.79. The average Bonchev–Trinajstić information content (AvgIpc) is 3.20. The van der Waals surface area contributed by atoms with Crippen LogP contribution < -0.4 is 9.47 Å². The lowest BCUT2D eigenvalue weighted by atomic mass is 10.2. The van der Waals surface area contributed by atoms with Crippen LogP contribution in [0.3, 0.4) is 0 Å². The van der Waals surface area contributed by atoms with E-state index in [0.29, 0.717) is 23.1 Å². The highest BCUT2D eigenvalue weighted by atomic mass is 16.5. The van der Waals surface area contributed by atoms with E-state index in [1.165, 1.54) is 12.2 Å². The molecule has 3 rings (SSSR count). The van der Waals surface area contributed by atoms with Gasteiger partial charge in [-0.2, -0.15) is 0 Å². The molecule has 0 fully saturated rings. The first-order valence-corrected chi connectivity index (χ1v) is 8.94. The summed E-state index contributed by atoms with van der Waals surface area (Å²) in [4.78, 5) is 27.2. The van der Waals surface area contributed by atoms with Crippen LogP contribution in [0.2, 0.25) is 0 Å². The van der Waals surface area contributed by atoms with Crippen LogP contribution in [-0.2, 0) is 9.59 Å². The summed E-state index contributed by atoms with van der Waals surface area (Å²) in [5.41, 5.74) is 1.55. The van der Waals surface area contributed by atoms with E-state index in [4.69, 9.17) is 13.9 Å². The van der Waals surface area contributed by atoms with Crippen LogP contribution in [0.25, 0.3) is 22.8 Å². The van der Waals surface area contributed by atoms with E-state index in [1.54, 1.807) is 80.7 Å². The van der Waals surface area contributed by atoms with Crippen molar-refractivity contribution in [2.24, 2.45) is 0 Å². The Morgan fingerprint density at radius 2 is 1.28 bits per heavy atom. The molecule has 0 bridgehead atoms. The number of hydrogen-bond donors (Lipinski definition) is 0. The second kappa shape index (κ2) is 9.32. The molecule has 146 valence electrons. The molecule has 6 heteroatoms. The lowest BCUT2D eigenvalue weighted by molar-refractivity contribution is -0.129. The van der Waals surface area contributed by atoms with Gasteiger partial charge in [0.05, 0.1) is 6.20 Å². The van der Waals surface area contributed by atoms with Crippen molar-refractivity contribution in [3.63, 3.8) is 0 Å². The van der Waals surface area contributed by atoms with E-state index in [0.717, 1.165) is 11.1 Å². The Kier molecular flexibility index (Phi) is 6.37. The zero-order valence-electron chi connectivity index (χ0n) is 16.0. The fraction of sp³-hybridized carbons (Fsp3) is 0.0870. The van der Waals surface area contributed by atoms with E-state index in [9.17, 15) is 9.59 Å². The lowest BCUT2D eigenvalue weighted by Gasteiger charge is -2.03. The van der Waals surface area contributed by atoms with Gasteiger partial charge >= 0.3 is 11.9 Å². The first-order chi connectivity index (χ1) is 14.1. The second-order valence-corrected chi connectivity index (χ2v) is 5.92. The molecular weight excluding hydrogens is 370 g/mol. The molecule has 3 aromatic rings. The number of carbonyl (C=O) groups excluding carboxylic acids is 2. The molecule has 0 unspecified atom stereocenters. The molecule has 0 N–H and O–H groups in total. The highest BCUT2D eigenvalue weighted by Crippen LogP contribution is 2.28. The van der Waals surface area contributed by atoms with Crippen LogP contribution >= 0.6 is 0 Å². The Morgan fingerprint density at radius 1 is 0.793 bits per heavy atom. The molecule has 0 saturated carbocycles. The zero-order valence-corrected chi connectivity index (χ0v) is 16.0. The van der Waals surface area contributed by atoms with Gasteiger partial charge in [-0.1, -0.05) is 12.2 Å². The van der Waals surface area contributed by atoms with Gasteiger partial charge in [-0.25, -0.2) is 14.6 Å². The monoisotopic (exact) mass is 389 g/mol. The van der Waals surface area contributed by atoms with Crippen molar-refractivity contribution in [1.82, 2.24) is 4.98 Å². The third kappa shape index (κ3) is 5.29. The molecule has 0 saturated heterocycles. The predicted octanol–water partition coefficient (Wildman–Crippen LogP) is 4.97. The summed E-state index contributed by atoms with van der Waals surface area (Å²) in [5.74, 6) is 1.04. The quantitative estimate of drug-likeness (QED) is 0.336. The Labute approximate surface area is 168 Å². The standard InChI is InChI=1S/C23H19NO5/c1-3-5-21(25)27-18-11-7-16(8-12-18)20-15-24-23(29-20)17-9-13-19(14-10-17)28-22(26)6-4-2/h3-15H,1-2H3. The molecule has 0 amide bonds. The van der Waals surface area contributed by atoms with Crippen molar-refractivity contribution in [2.45, 2.75) is 13.8 Å². The van der Waals surface area contributed by atoms with Gasteiger partial charge in [-0.05, 0) is 62.4 Å². The van der Waals surface area contributed by atoms with Crippen LogP contribution in [0.15, 0.2) is 83.4 Å². The zero-order chi connectivity index (χ0) is 20.6. The van der Waals surface area contributed by atoms with Gasteiger partial charge in [0.25, 0.3) is 0 Å². The summed E-state index contributed by atoms with van der Waals surface area (Å²) in [6.45, 7) is 3.49. The first-order valence-electron chi connectivity index (χ1n) is 8.94. The van der Waals surface area contributed by atoms with Crippen LogP contribution in [0.4, 0.5) is 0 Å². The van der Waals surface area contributed by atoms with Gasteiger partial charge in [0.2, 0.25) is 5.89 Å². The van der Waals surface area contributed by atoms with Crippen molar-refractivity contribution in [1.29, 1.82) is 0 Å². The summed E-state index contributed by atoms with van der Waals surface area (Å²) in [6.07, 6.45) is 7.55. The number of benzene rings is 2. The maximum Gasteiger partial charge on any atom is 0.335 e. The maximum atomic E-state index is 11.5. The Morgan fingerprint density at radius 3 is 1.76 bits per heavy atom. The smallest absolute Gasteiger partial charge is 0.335 e. The van der Waals surface area contributed by atoms with Crippen molar-refractivity contribution >= 4 is 11.9 Å². The van der Waals surface area contributed by atoms with Crippen LogP contribution in [0.1, 0.15) is 13.8 Å². The molecule has 0 spiro atoms. The lowest BCUT2D eigenvalue weighted by Crippen LogP contribution is -2.03. The number of allylic oxidation sites excluding steroid dienone is 2. The molecular formula is C23H19NO5. The molecule has 0 aliphatic heterocycles. The van der Waals surface area contributed by atoms with E-state index in [-0.39, 0.29) is 0 Å². The highest BCUT2D eigenvalue weighted by Gasteiger charge is 2.10. The van der Waals surface area contributed by atoms with Gasteiger partial charge < -0.3 is 13.9 Å². The maximum absolute atomic E-state index is 11.5. The van der Waals surface area contributed by atoms with Gasteiger partial charge in [0.1, 0.15) is 11.5 Å². The number of hydrogen-bond acceptors (Lipinski definition) is 6. The third-order valence-electron chi connectivity index (χ3n) is 3.79. The number of aromatic nitrogens is 1. The molecule has 1 aromatic heterocycles. The summed E-state index contributed by atoms with van der Waals surface area (Å²) >= 11 is 0. The average molecular weight is 389 g/mol. The molecule has 29 heavy (non-hydrogen) atoms. The van der Waals surface area contributed by atoms with Crippen LogP contribution in [-0.4, -0.2) is 16.9 Å². The number of ether oxygens (including phenoxy) is 2. The normalized spacial score (nSPS) is 11.1. The molecule has 1 heterocycles. The molecule has 0 aliphatic carbocycles. The second-order valence-electron chi connectivity index (χ2n) is 5.92. The minimum absolute atomic E-state index is 0.429. The first kappa shape index (κ1) is 19.8. The Balaban J connectivity index is 1.70. The predicted molar refractivity (Wildman–Crippen MR) is 108 cm³/mol. The summed E-state index contributed by atoms with van der Waals surface area (Å²) in [5, 5.41) is 0. The van der Waals surface area contributed by atoms with Crippen molar-refractivity contribution in [3.8, 4) is 34.3 Å². The van der Waals surface area contributed by atoms with Gasteiger partial charge in [-0.3, -0.25) is 0 Å². The summed E-state index contributed by atoms with van der Waals surface area (Å²) < 4.78 is 16.1. The van der Waals surface area contributed by atoms with E-state index >= 15 is 0 Å². The minimum Gasteiger partial charge on any atom is -0.436 e. The number of nitrogens with zero attached hydrogens (tertiary/aromatic N) is 1. The topological polar surface area (TPSA) is 78.6 Å². The molecule has 0 aliphatic rings.